The number of carbonyl (C=O) groups is 4. The van der Waals surface area contributed by atoms with Gasteiger partial charge < -0.3 is 19.3 Å². The lowest BCUT2D eigenvalue weighted by molar-refractivity contribution is -0.137. The van der Waals surface area contributed by atoms with E-state index in [1.54, 1.807) is 54.6 Å². The summed E-state index contributed by atoms with van der Waals surface area (Å²) >= 11 is 0. The van der Waals surface area contributed by atoms with Crippen LogP contribution in [-0.2, 0) is 19.0 Å². The molecule has 0 unspecified atom stereocenters. The van der Waals surface area contributed by atoms with Crippen LogP contribution in [0.5, 0.6) is 0 Å². The molecular weight excluding hydrogens is 452 g/mol. The molecule has 8 nitrogen and oxygen atoms in total. The highest BCUT2D eigenvalue weighted by Crippen LogP contribution is 2.20. The van der Waals surface area contributed by atoms with Crippen LogP contribution < -0.4 is 0 Å². The molecule has 3 rings (SSSR count). The van der Waals surface area contributed by atoms with E-state index in [1.807, 2.05) is 0 Å². The van der Waals surface area contributed by atoms with Gasteiger partial charge in [0.2, 0.25) is 0 Å². The molecule has 0 aliphatic heterocycles. The molecule has 180 valence electrons. The van der Waals surface area contributed by atoms with Crippen LogP contribution in [0.25, 0.3) is 0 Å². The number of hydrogen-bond donors (Lipinski definition) is 1. The van der Waals surface area contributed by atoms with Crippen LogP contribution in [0.4, 0.5) is 0 Å². The van der Waals surface area contributed by atoms with Crippen LogP contribution >= 0.6 is 0 Å². The van der Waals surface area contributed by atoms with Crippen LogP contribution in [0.1, 0.15) is 38.0 Å². The van der Waals surface area contributed by atoms with E-state index >= 15 is 0 Å². The third-order valence-corrected chi connectivity index (χ3v) is 5.02. The number of carbonyl (C=O) groups excluding carboxylic acids is 4. The molecule has 0 aromatic heterocycles. The number of aliphatic hydroxyl groups excluding tert-OH is 1. The van der Waals surface area contributed by atoms with Crippen molar-refractivity contribution in [3.05, 3.63) is 108 Å². The largest absolute Gasteiger partial charge is 0.452 e. The highest BCUT2D eigenvalue weighted by atomic mass is 16.6. The summed E-state index contributed by atoms with van der Waals surface area (Å²) in [6.45, 7) is 1.30. The van der Waals surface area contributed by atoms with E-state index < -0.39 is 42.3 Å². The molecule has 0 aliphatic rings. The number of rotatable bonds is 10. The number of aliphatic hydroxyl groups is 1. The lowest BCUT2D eigenvalue weighted by atomic mass is 10.0. The molecule has 4 atom stereocenters. The second kappa shape index (κ2) is 12.2. The number of benzene rings is 3. The van der Waals surface area contributed by atoms with E-state index in [2.05, 4.69) is 0 Å². The Morgan fingerprint density at radius 3 is 1.31 bits per heavy atom. The summed E-state index contributed by atoms with van der Waals surface area (Å²) < 4.78 is 16.3. The van der Waals surface area contributed by atoms with Gasteiger partial charge in [-0.15, -0.1) is 0 Å². The maximum Gasteiger partial charge on any atom is 0.338 e. The van der Waals surface area contributed by atoms with Crippen molar-refractivity contribution in [2.45, 2.75) is 31.3 Å². The lowest BCUT2D eigenvalue weighted by Crippen LogP contribution is -2.50. The molecule has 0 saturated heterocycles. The van der Waals surface area contributed by atoms with E-state index in [0.717, 1.165) is 0 Å². The summed E-state index contributed by atoms with van der Waals surface area (Å²) in [5, 5.41) is 10.4. The minimum absolute atomic E-state index is 0.148. The van der Waals surface area contributed by atoms with Gasteiger partial charge in [-0.3, -0.25) is 4.79 Å². The van der Waals surface area contributed by atoms with Gasteiger partial charge in [-0.1, -0.05) is 54.6 Å². The standard InChI is InChI=1S/C27H24O8/c1-18(29)23(34-26(31)20-13-7-3-8-14-20)24(35-27(32)21-15-9-4-10-16-21)22(17-28)33-25(30)19-11-5-2-6-12-19/h2-18,22-24,29H,1H3/t18-,22+,23-,24-/m1/s1. The maximum absolute atomic E-state index is 12.8. The molecule has 0 fully saturated rings. The van der Waals surface area contributed by atoms with Gasteiger partial charge in [-0.25, -0.2) is 14.4 Å². The second-order valence-corrected chi connectivity index (χ2v) is 7.58. The third-order valence-electron chi connectivity index (χ3n) is 5.02. The zero-order chi connectivity index (χ0) is 25.2. The van der Waals surface area contributed by atoms with Crippen LogP contribution in [-0.4, -0.2) is 53.7 Å². The molecule has 3 aromatic carbocycles. The van der Waals surface area contributed by atoms with Crippen molar-refractivity contribution in [3.8, 4) is 0 Å². The Morgan fingerprint density at radius 1 is 0.629 bits per heavy atom. The quantitative estimate of drug-likeness (QED) is 0.269. The average Bonchev–Trinajstić information content (AvgIpc) is 2.90. The molecule has 0 spiro atoms. The monoisotopic (exact) mass is 476 g/mol. The SMILES string of the molecule is C[C@@H](O)[C@@H](OC(=O)c1ccccc1)[C@H](OC(=O)c1ccccc1)[C@H](C=O)OC(=O)c1ccccc1. The Hall–Kier alpha value is -4.30. The van der Waals surface area contributed by atoms with Gasteiger partial charge >= 0.3 is 17.9 Å². The van der Waals surface area contributed by atoms with Crippen molar-refractivity contribution in [3.63, 3.8) is 0 Å². The van der Waals surface area contributed by atoms with Crippen LogP contribution in [0.2, 0.25) is 0 Å². The van der Waals surface area contributed by atoms with Crippen molar-refractivity contribution in [1.29, 1.82) is 0 Å². The number of ether oxygens (including phenoxy) is 3. The Bertz CT molecular complexity index is 1130. The molecule has 8 heteroatoms. The smallest absolute Gasteiger partial charge is 0.338 e. The minimum atomic E-state index is -1.68. The minimum Gasteiger partial charge on any atom is -0.452 e. The Balaban J connectivity index is 1.92. The van der Waals surface area contributed by atoms with Gasteiger partial charge in [-0.2, -0.15) is 0 Å². The Morgan fingerprint density at radius 2 is 0.971 bits per heavy atom. The fourth-order valence-electron chi connectivity index (χ4n) is 3.23. The lowest BCUT2D eigenvalue weighted by Gasteiger charge is -2.31. The van der Waals surface area contributed by atoms with Crippen molar-refractivity contribution in [1.82, 2.24) is 0 Å². The first-order valence-electron chi connectivity index (χ1n) is 10.8. The maximum atomic E-state index is 12.8. The number of hydrogen-bond acceptors (Lipinski definition) is 8. The first kappa shape index (κ1) is 25.3. The van der Waals surface area contributed by atoms with Gasteiger partial charge in [-0.05, 0) is 43.3 Å². The zero-order valence-electron chi connectivity index (χ0n) is 18.9. The van der Waals surface area contributed by atoms with Crippen LogP contribution in [0, 0.1) is 0 Å². The summed E-state index contributed by atoms with van der Waals surface area (Å²) in [6.07, 6.45) is -5.99. The molecule has 0 amide bonds. The third kappa shape index (κ3) is 6.84. The molecule has 35 heavy (non-hydrogen) atoms. The Labute approximate surface area is 202 Å². The second-order valence-electron chi connectivity index (χ2n) is 7.58. The van der Waals surface area contributed by atoms with E-state index in [0.29, 0.717) is 0 Å². The van der Waals surface area contributed by atoms with E-state index in [-0.39, 0.29) is 23.0 Å². The molecule has 0 saturated carbocycles. The number of esters is 3. The fourth-order valence-corrected chi connectivity index (χ4v) is 3.23. The summed E-state index contributed by atoms with van der Waals surface area (Å²) in [5.74, 6) is -2.54. The molecule has 3 aromatic rings. The van der Waals surface area contributed by atoms with Crippen LogP contribution in [0.15, 0.2) is 91.0 Å². The average molecular weight is 476 g/mol. The molecule has 0 radical (unpaired) electrons. The summed E-state index contributed by atoms with van der Waals surface area (Å²) in [6, 6.07) is 23.7. The molecule has 0 aliphatic carbocycles. The summed E-state index contributed by atoms with van der Waals surface area (Å²) in [4.78, 5) is 50.2. The Kier molecular flexibility index (Phi) is 8.86. The molecule has 0 heterocycles. The summed E-state index contributed by atoms with van der Waals surface area (Å²) in [5.41, 5.74) is 0.479. The van der Waals surface area contributed by atoms with Crippen molar-refractivity contribution in [2.75, 3.05) is 0 Å². The van der Waals surface area contributed by atoms with Gasteiger partial charge in [0, 0.05) is 0 Å². The van der Waals surface area contributed by atoms with Gasteiger partial charge in [0.05, 0.1) is 22.8 Å². The summed E-state index contributed by atoms with van der Waals surface area (Å²) in [7, 11) is 0. The van der Waals surface area contributed by atoms with E-state index in [4.69, 9.17) is 14.2 Å². The van der Waals surface area contributed by atoms with Crippen molar-refractivity contribution in [2.24, 2.45) is 0 Å². The topological polar surface area (TPSA) is 116 Å². The number of aldehydes is 1. The zero-order valence-corrected chi connectivity index (χ0v) is 18.9. The van der Waals surface area contributed by atoms with Gasteiger partial charge in [0.15, 0.2) is 24.6 Å². The molecule has 0 bridgehead atoms. The van der Waals surface area contributed by atoms with E-state index in [1.165, 1.54) is 43.3 Å². The fraction of sp³-hybridized carbons (Fsp3) is 0.185. The van der Waals surface area contributed by atoms with Gasteiger partial charge in [0.25, 0.3) is 0 Å². The van der Waals surface area contributed by atoms with Gasteiger partial charge in [0.1, 0.15) is 0 Å². The highest BCUT2D eigenvalue weighted by Gasteiger charge is 2.41. The first-order chi connectivity index (χ1) is 16.9. The normalized spacial score (nSPS) is 14.0. The predicted octanol–water partition coefficient (Wildman–Crippen LogP) is 3.24. The van der Waals surface area contributed by atoms with Crippen LogP contribution in [0.3, 0.4) is 0 Å². The molecular formula is C27H24O8. The van der Waals surface area contributed by atoms with Crippen molar-refractivity contribution >= 4 is 24.2 Å². The molecule has 1 N–H and O–H groups in total. The van der Waals surface area contributed by atoms with E-state index in [9.17, 15) is 24.3 Å². The first-order valence-corrected chi connectivity index (χ1v) is 10.8. The highest BCUT2D eigenvalue weighted by molar-refractivity contribution is 5.92. The van der Waals surface area contributed by atoms with Crippen molar-refractivity contribution < 1.29 is 38.5 Å². The predicted molar refractivity (Wildman–Crippen MR) is 125 cm³/mol.